The SMILES string of the molecule is CC1(C)CN(S(=O)(=O)c2cccc(CN)c2)CC(C)(C)O1. The van der Waals surface area contributed by atoms with Crippen molar-refractivity contribution in [2.45, 2.75) is 50.3 Å². The summed E-state index contributed by atoms with van der Waals surface area (Å²) in [5, 5.41) is 0. The second-order valence-electron chi connectivity index (χ2n) is 6.75. The Morgan fingerprint density at radius 3 is 2.29 bits per heavy atom. The van der Waals surface area contributed by atoms with Crippen LogP contribution in [0.3, 0.4) is 0 Å². The van der Waals surface area contributed by atoms with Crippen molar-refractivity contribution < 1.29 is 13.2 Å². The first-order valence-corrected chi connectivity index (χ1v) is 8.49. The van der Waals surface area contributed by atoms with Crippen molar-refractivity contribution in [3.63, 3.8) is 0 Å². The number of hydrogen-bond acceptors (Lipinski definition) is 4. The van der Waals surface area contributed by atoms with E-state index >= 15 is 0 Å². The molecule has 1 aliphatic rings. The van der Waals surface area contributed by atoms with Crippen LogP contribution >= 0.6 is 0 Å². The summed E-state index contributed by atoms with van der Waals surface area (Å²) in [6.45, 7) is 8.64. The van der Waals surface area contributed by atoms with Gasteiger partial charge in [0.25, 0.3) is 0 Å². The normalized spacial score (nSPS) is 22.1. The van der Waals surface area contributed by atoms with Crippen LogP contribution in [0.15, 0.2) is 29.2 Å². The van der Waals surface area contributed by atoms with E-state index in [9.17, 15) is 8.42 Å². The molecule has 1 fully saturated rings. The lowest BCUT2D eigenvalue weighted by Crippen LogP contribution is -2.58. The van der Waals surface area contributed by atoms with E-state index in [1.807, 2.05) is 33.8 Å². The number of morpholine rings is 1. The molecule has 0 spiro atoms. The molecule has 6 heteroatoms. The summed E-state index contributed by atoms with van der Waals surface area (Å²) < 4.78 is 33.2. The van der Waals surface area contributed by atoms with Crippen molar-refractivity contribution in [3.8, 4) is 0 Å². The summed E-state index contributed by atoms with van der Waals surface area (Å²) in [7, 11) is -3.54. The van der Waals surface area contributed by atoms with Crippen molar-refractivity contribution in [2.75, 3.05) is 13.1 Å². The summed E-state index contributed by atoms with van der Waals surface area (Å²) in [5.74, 6) is 0. The zero-order chi connectivity index (χ0) is 15.9. The van der Waals surface area contributed by atoms with Crippen LogP contribution in [0.4, 0.5) is 0 Å². The van der Waals surface area contributed by atoms with Gasteiger partial charge in [0.2, 0.25) is 10.0 Å². The van der Waals surface area contributed by atoms with Gasteiger partial charge in [-0.3, -0.25) is 0 Å². The number of ether oxygens (including phenoxy) is 1. The van der Waals surface area contributed by atoms with Crippen molar-refractivity contribution in [1.29, 1.82) is 0 Å². The molecule has 5 nitrogen and oxygen atoms in total. The fourth-order valence-corrected chi connectivity index (χ4v) is 4.68. The third-order valence-electron chi connectivity index (χ3n) is 3.44. The molecule has 1 saturated heterocycles. The number of hydrogen-bond donors (Lipinski definition) is 1. The van der Waals surface area contributed by atoms with Gasteiger partial charge in [0.05, 0.1) is 16.1 Å². The van der Waals surface area contributed by atoms with Gasteiger partial charge in [0.1, 0.15) is 0 Å². The Bertz CT molecular complexity index is 608. The highest BCUT2D eigenvalue weighted by Gasteiger charge is 2.43. The van der Waals surface area contributed by atoms with Gasteiger partial charge in [-0.25, -0.2) is 8.42 Å². The van der Waals surface area contributed by atoms with E-state index in [1.54, 1.807) is 18.2 Å². The molecule has 1 aromatic carbocycles. The van der Waals surface area contributed by atoms with Crippen LogP contribution in [0.2, 0.25) is 0 Å². The summed E-state index contributed by atoms with van der Waals surface area (Å²) in [6, 6.07) is 6.81. The van der Waals surface area contributed by atoms with Gasteiger partial charge in [-0.05, 0) is 45.4 Å². The minimum atomic E-state index is -3.54. The first-order chi connectivity index (χ1) is 9.56. The highest BCUT2D eigenvalue weighted by Crippen LogP contribution is 2.31. The molecule has 0 aromatic heterocycles. The molecule has 0 atom stereocenters. The number of benzene rings is 1. The lowest BCUT2D eigenvalue weighted by Gasteiger charge is -2.46. The Morgan fingerprint density at radius 1 is 1.19 bits per heavy atom. The molecule has 2 N–H and O–H groups in total. The third kappa shape index (κ3) is 3.63. The molecule has 0 aliphatic carbocycles. The Hall–Kier alpha value is -0.950. The van der Waals surface area contributed by atoms with E-state index in [2.05, 4.69) is 0 Å². The van der Waals surface area contributed by atoms with Crippen molar-refractivity contribution in [1.82, 2.24) is 4.31 Å². The quantitative estimate of drug-likeness (QED) is 0.922. The van der Waals surface area contributed by atoms with Gasteiger partial charge in [-0.15, -0.1) is 0 Å². The fraction of sp³-hybridized carbons (Fsp3) is 0.600. The maximum atomic E-state index is 12.9. The first kappa shape index (κ1) is 16.4. The maximum absolute atomic E-state index is 12.9. The van der Waals surface area contributed by atoms with Gasteiger partial charge < -0.3 is 10.5 Å². The van der Waals surface area contributed by atoms with E-state index in [-0.39, 0.29) is 0 Å². The third-order valence-corrected chi connectivity index (χ3v) is 5.23. The number of nitrogens with two attached hydrogens (primary N) is 1. The molecule has 1 heterocycles. The zero-order valence-corrected chi connectivity index (χ0v) is 13.9. The minimum Gasteiger partial charge on any atom is -0.367 e. The molecule has 1 aromatic rings. The molecule has 0 bridgehead atoms. The van der Waals surface area contributed by atoms with Gasteiger partial charge in [-0.2, -0.15) is 4.31 Å². The Labute approximate surface area is 127 Å². The molecule has 1 aliphatic heterocycles. The molecular formula is C15H24N2O3S. The van der Waals surface area contributed by atoms with Crippen LogP contribution < -0.4 is 5.73 Å². The lowest BCUT2D eigenvalue weighted by atomic mass is 10.0. The highest BCUT2D eigenvalue weighted by molar-refractivity contribution is 7.89. The standard InChI is InChI=1S/C15H24N2O3S/c1-14(2)10-17(11-15(3,4)20-14)21(18,19)13-7-5-6-12(8-13)9-16/h5-8H,9-11,16H2,1-4H3. The fourth-order valence-electron chi connectivity index (χ4n) is 2.87. The Morgan fingerprint density at radius 2 is 1.76 bits per heavy atom. The van der Waals surface area contributed by atoms with E-state index in [1.165, 1.54) is 4.31 Å². The molecule has 0 amide bonds. The highest BCUT2D eigenvalue weighted by atomic mass is 32.2. The molecule has 118 valence electrons. The van der Waals surface area contributed by atoms with E-state index in [4.69, 9.17) is 10.5 Å². The van der Waals surface area contributed by atoms with Crippen LogP contribution in [-0.2, 0) is 21.3 Å². The van der Waals surface area contributed by atoms with Crippen molar-refractivity contribution in [2.24, 2.45) is 5.73 Å². The predicted octanol–water partition coefficient (Wildman–Crippen LogP) is 1.72. The number of nitrogens with zero attached hydrogens (tertiary/aromatic N) is 1. The van der Waals surface area contributed by atoms with Gasteiger partial charge in [0, 0.05) is 19.6 Å². The second-order valence-corrected chi connectivity index (χ2v) is 8.68. The Kier molecular flexibility index (Phi) is 4.19. The van der Waals surface area contributed by atoms with E-state index < -0.39 is 21.2 Å². The van der Waals surface area contributed by atoms with Gasteiger partial charge in [0.15, 0.2) is 0 Å². The predicted molar refractivity (Wildman–Crippen MR) is 82.3 cm³/mol. The molecule has 0 saturated carbocycles. The van der Waals surface area contributed by atoms with Crippen molar-refractivity contribution >= 4 is 10.0 Å². The van der Waals surface area contributed by atoms with E-state index in [0.717, 1.165) is 5.56 Å². The average Bonchev–Trinajstić information content (AvgIpc) is 2.35. The smallest absolute Gasteiger partial charge is 0.243 e. The molecule has 21 heavy (non-hydrogen) atoms. The van der Waals surface area contributed by atoms with E-state index in [0.29, 0.717) is 24.5 Å². The second kappa shape index (κ2) is 5.35. The number of sulfonamides is 1. The lowest BCUT2D eigenvalue weighted by molar-refractivity contribution is -0.163. The molecule has 2 rings (SSSR count). The van der Waals surface area contributed by atoms with Crippen LogP contribution in [-0.4, -0.2) is 37.0 Å². The zero-order valence-electron chi connectivity index (χ0n) is 13.1. The summed E-state index contributed by atoms with van der Waals surface area (Å²) in [5.41, 5.74) is 5.38. The van der Waals surface area contributed by atoms with Gasteiger partial charge >= 0.3 is 0 Å². The van der Waals surface area contributed by atoms with Crippen LogP contribution in [0.25, 0.3) is 0 Å². The molecule has 0 radical (unpaired) electrons. The monoisotopic (exact) mass is 312 g/mol. The van der Waals surface area contributed by atoms with Crippen LogP contribution in [0.5, 0.6) is 0 Å². The molecule has 0 unspecified atom stereocenters. The summed E-state index contributed by atoms with van der Waals surface area (Å²) in [6.07, 6.45) is 0. The maximum Gasteiger partial charge on any atom is 0.243 e. The summed E-state index contributed by atoms with van der Waals surface area (Å²) in [4.78, 5) is 0.291. The topological polar surface area (TPSA) is 72.6 Å². The largest absolute Gasteiger partial charge is 0.367 e. The van der Waals surface area contributed by atoms with Crippen LogP contribution in [0.1, 0.15) is 33.3 Å². The minimum absolute atomic E-state index is 0.291. The Balaban J connectivity index is 2.38. The summed E-state index contributed by atoms with van der Waals surface area (Å²) >= 11 is 0. The molecular weight excluding hydrogens is 288 g/mol. The number of rotatable bonds is 3. The van der Waals surface area contributed by atoms with Gasteiger partial charge in [-0.1, -0.05) is 12.1 Å². The van der Waals surface area contributed by atoms with Crippen molar-refractivity contribution in [3.05, 3.63) is 29.8 Å². The average molecular weight is 312 g/mol. The first-order valence-electron chi connectivity index (χ1n) is 7.05. The van der Waals surface area contributed by atoms with Crippen LogP contribution in [0, 0.1) is 0 Å².